The molecule has 1 N–H and O–H groups in total. The molecule has 2 rings (SSSR count). The van der Waals surface area contributed by atoms with Crippen molar-refractivity contribution in [2.24, 2.45) is 5.92 Å². The molecule has 4 heteroatoms. The molecule has 1 aliphatic carbocycles. The number of benzene rings is 1. The predicted molar refractivity (Wildman–Crippen MR) is 83.6 cm³/mol. The van der Waals surface area contributed by atoms with E-state index in [0.717, 1.165) is 25.8 Å². The van der Waals surface area contributed by atoms with Crippen LogP contribution in [0, 0.1) is 17.6 Å². The molecule has 0 spiro atoms. The predicted octanol–water partition coefficient (Wildman–Crippen LogP) is 4.09. The molecule has 0 saturated heterocycles. The van der Waals surface area contributed by atoms with E-state index in [1.54, 1.807) is 4.90 Å². The van der Waals surface area contributed by atoms with Gasteiger partial charge >= 0.3 is 0 Å². The Morgan fingerprint density at radius 2 is 1.90 bits per heavy atom. The molecule has 1 aromatic rings. The van der Waals surface area contributed by atoms with Crippen LogP contribution >= 0.6 is 0 Å². The second kappa shape index (κ2) is 7.21. The van der Waals surface area contributed by atoms with Crippen molar-refractivity contribution in [3.05, 3.63) is 29.3 Å². The smallest absolute Gasteiger partial charge is 0.149 e. The number of rotatable bonds is 5. The lowest BCUT2D eigenvalue weighted by Crippen LogP contribution is -2.36. The third-order valence-corrected chi connectivity index (χ3v) is 4.46. The summed E-state index contributed by atoms with van der Waals surface area (Å²) in [7, 11) is 1.81. The monoisotopic (exact) mass is 296 g/mol. The maximum atomic E-state index is 14.3. The molecule has 1 fully saturated rings. The normalized spacial score (nSPS) is 22.3. The van der Waals surface area contributed by atoms with Crippen LogP contribution in [-0.4, -0.2) is 19.6 Å². The van der Waals surface area contributed by atoms with Gasteiger partial charge in [-0.1, -0.05) is 26.7 Å². The van der Waals surface area contributed by atoms with Gasteiger partial charge in [-0.15, -0.1) is 0 Å². The molecule has 2 atom stereocenters. The number of anilines is 1. The zero-order valence-electron chi connectivity index (χ0n) is 13.3. The summed E-state index contributed by atoms with van der Waals surface area (Å²) < 4.78 is 28.7. The average molecular weight is 296 g/mol. The molecule has 0 radical (unpaired) electrons. The summed E-state index contributed by atoms with van der Waals surface area (Å²) >= 11 is 0. The van der Waals surface area contributed by atoms with Crippen molar-refractivity contribution in [2.75, 3.05) is 18.5 Å². The van der Waals surface area contributed by atoms with Gasteiger partial charge < -0.3 is 10.2 Å². The number of nitrogens with one attached hydrogen (secondary N) is 1. The van der Waals surface area contributed by atoms with E-state index < -0.39 is 11.6 Å². The third-order valence-electron chi connectivity index (χ3n) is 4.46. The highest BCUT2D eigenvalue weighted by Gasteiger charge is 2.26. The summed E-state index contributed by atoms with van der Waals surface area (Å²) in [6.45, 7) is 5.46. The summed E-state index contributed by atoms with van der Waals surface area (Å²) in [4.78, 5) is 1.80. The van der Waals surface area contributed by atoms with E-state index in [9.17, 15) is 8.78 Å². The third kappa shape index (κ3) is 3.94. The van der Waals surface area contributed by atoms with E-state index in [4.69, 9.17) is 0 Å². The standard InChI is InChI=1S/C17H26F2N2/c1-4-20-11-13-9-15(18)17(16(19)10-13)21(3)14-7-5-6-12(2)8-14/h9-10,12,14,20H,4-8,11H2,1-3H3. The lowest BCUT2D eigenvalue weighted by atomic mass is 9.86. The second-order valence-electron chi connectivity index (χ2n) is 6.22. The molecule has 1 saturated carbocycles. The van der Waals surface area contributed by atoms with Crippen molar-refractivity contribution in [3.63, 3.8) is 0 Å². The minimum absolute atomic E-state index is 0.120. The number of hydrogen-bond donors (Lipinski definition) is 1. The molecule has 0 heterocycles. The fraction of sp³-hybridized carbons (Fsp3) is 0.647. The molecule has 118 valence electrons. The van der Waals surface area contributed by atoms with Crippen LogP contribution in [0.1, 0.15) is 45.1 Å². The Bertz CT molecular complexity index is 453. The first-order valence-electron chi connectivity index (χ1n) is 7.94. The van der Waals surface area contributed by atoms with Crippen LogP contribution in [0.3, 0.4) is 0 Å². The lowest BCUT2D eigenvalue weighted by molar-refractivity contribution is 0.333. The van der Waals surface area contributed by atoms with Crippen molar-refractivity contribution in [1.82, 2.24) is 5.32 Å². The van der Waals surface area contributed by atoms with E-state index in [2.05, 4.69) is 12.2 Å². The van der Waals surface area contributed by atoms with Gasteiger partial charge in [-0.2, -0.15) is 0 Å². The van der Waals surface area contributed by atoms with Crippen molar-refractivity contribution < 1.29 is 8.78 Å². The Kier molecular flexibility index (Phi) is 5.57. The van der Waals surface area contributed by atoms with Gasteiger partial charge in [0.25, 0.3) is 0 Å². The van der Waals surface area contributed by atoms with Crippen LogP contribution in [0.2, 0.25) is 0 Å². The first-order chi connectivity index (χ1) is 10.0. The Morgan fingerprint density at radius 3 is 2.48 bits per heavy atom. The average Bonchev–Trinajstić information content (AvgIpc) is 2.44. The van der Waals surface area contributed by atoms with Crippen LogP contribution < -0.4 is 10.2 Å². The SMILES string of the molecule is CCNCc1cc(F)c(N(C)C2CCCC(C)C2)c(F)c1. The zero-order valence-corrected chi connectivity index (χ0v) is 13.3. The first kappa shape index (κ1) is 16.2. The molecule has 21 heavy (non-hydrogen) atoms. The van der Waals surface area contributed by atoms with Crippen LogP contribution in [0.25, 0.3) is 0 Å². The van der Waals surface area contributed by atoms with Crippen LogP contribution in [0.15, 0.2) is 12.1 Å². The minimum Gasteiger partial charge on any atom is -0.367 e. The summed E-state index contributed by atoms with van der Waals surface area (Å²) in [5.41, 5.74) is 0.773. The van der Waals surface area contributed by atoms with E-state index >= 15 is 0 Å². The molecule has 2 unspecified atom stereocenters. The molecule has 0 aromatic heterocycles. The van der Waals surface area contributed by atoms with Gasteiger partial charge in [-0.3, -0.25) is 0 Å². The van der Waals surface area contributed by atoms with Crippen molar-refractivity contribution in [3.8, 4) is 0 Å². The Morgan fingerprint density at radius 1 is 1.24 bits per heavy atom. The van der Waals surface area contributed by atoms with E-state index in [1.807, 2.05) is 14.0 Å². The molecule has 1 aliphatic rings. The van der Waals surface area contributed by atoms with Crippen molar-refractivity contribution >= 4 is 5.69 Å². The summed E-state index contributed by atoms with van der Waals surface area (Å²) in [6, 6.07) is 3.13. The van der Waals surface area contributed by atoms with Crippen molar-refractivity contribution in [2.45, 2.75) is 52.1 Å². The number of hydrogen-bond acceptors (Lipinski definition) is 2. The van der Waals surface area contributed by atoms with E-state index in [0.29, 0.717) is 18.0 Å². The fourth-order valence-corrected chi connectivity index (χ4v) is 3.26. The van der Waals surface area contributed by atoms with Gasteiger partial charge in [0.1, 0.15) is 17.3 Å². The van der Waals surface area contributed by atoms with Gasteiger partial charge in [0.2, 0.25) is 0 Å². The first-order valence-corrected chi connectivity index (χ1v) is 7.94. The molecular weight excluding hydrogens is 270 g/mol. The summed E-state index contributed by atoms with van der Waals surface area (Å²) in [6.07, 6.45) is 4.38. The van der Waals surface area contributed by atoms with Crippen LogP contribution in [-0.2, 0) is 6.54 Å². The number of halogens is 2. The summed E-state index contributed by atoms with van der Waals surface area (Å²) in [5, 5.41) is 3.09. The van der Waals surface area contributed by atoms with Gasteiger partial charge in [-0.25, -0.2) is 8.78 Å². The van der Waals surface area contributed by atoms with E-state index in [-0.39, 0.29) is 11.7 Å². The Hall–Kier alpha value is -1.16. The molecule has 0 bridgehead atoms. The molecular formula is C17H26F2N2. The highest BCUT2D eigenvalue weighted by Crippen LogP contribution is 2.32. The Balaban J connectivity index is 2.18. The minimum atomic E-state index is -0.455. The highest BCUT2D eigenvalue weighted by molar-refractivity contribution is 5.51. The van der Waals surface area contributed by atoms with Gasteiger partial charge in [0.15, 0.2) is 0 Å². The summed E-state index contributed by atoms with van der Waals surface area (Å²) in [5.74, 6) is -0.280. The largest absolute Gasteiger partial charge is 0.367 e. The van der Waals surface area contributed by atoms with Crippen LogP contribution in [0.5, 0.6) is 0 Å². The molecule has 0 amide bonds. The van der Waals surface area contributed by atoms with Gasteiger partial charge in [0.05, 0.1) is 0 Å². The molecule has 2 nitrogen and oxygen atoms in total. The molecule has 1 aromatic carbocycles. The van der Waals surface area contributed by atoms with E-state index in [1.165, 1.54) is 18.6 Å². The maximum absolute atomic E-state index is 14.3. The maximum Gasteiger partial charge on any atom is 0.149 e. The Labute approximate surface area is 126 Å². The van der Waals surface area contributed by atoms with Crippen molar-refractivity contribution in [1.29, 1.82) is 0 Å². The van der Waals surface area contributed by atoms with Crippen LogP contribution in [0.4, 0.5) is 14.5 Å². The zero-order chi connectivity index (χ0) is 15.4. The quantitative estimate of drug-likeness (QED) is 0.880. The fourth-order valence-electron chi connectivity index (χ4n) is 3.26. The van der Waals surface area contributed by atoms with Gasteiger partial charge in [0, 0.05) is 19.6 Å². The van der Waals surface area contributed by atoms with Gasteiger partial charge in [-0.05, 0) is 43.0 Å². The molecule has 0 aliphatic heterocycles. The lowest BCUT2D eigenvalue weighted by Gasteiger charge is -2.36. The topological polar surface area (TPSA) is 15.3 Å². The highest BCUT2D eigenvalue weighted by atomic mass is 19.1. The number of nitrogens with zero attached hydrogens (tertiary/aromatic N) is 1. The second-order valence-corrected chi connectivity index (χ2v) is 6.22.